The lowest BCUT2D eigenvalue weighted by molar-refractivity contribution is -0.135. The van der Waals surface area contributed by atoms with Crippen LogP contribution in [0.5, 0.6) is 0 Å². The Balaban J connectivity index is 1.49. The fourth-order valence-electron chi connectivity index (χ4n) is 5.53. The molecule has 2 aliphatic heterocycles. The van der Waals surface area contributed by atoms with Crippen LogP contribution in [0.4, 0.5) is 17.1 Å². The third-order valence-corrected chi connectivity index (χ3v) is 7.83. The summed E-state index contributed by atoms with van der Waals surface area (Å²) in [5.74, 6) is -0.860. The van der Waals surface area contributed by atoms with Crippen molar-refractivity contribution in [3.05, 3.63) is 101 Å². The maximum atomic E-state index is 12.2. The first kappa shape index (κ1) is 26.7. The van der Waals surface area contributed by atoms with Gasteiger partial charge in [-0.25, -0.2) is 0 Å². The summed E-state index contributed by atoms with van der Waals surface area (Å²) >= 11 is 6.22. The van der Waals surface area contributed by atoms with Crippen molar-refractivity contribution < 1.29 is 9.90 Å². The Kier molecular flexibility index (Phi) is 8.13. The topological polar surface area (TPSA) is 73.0 Å². The monoisotopic (exact) mass is 542 g/mol. The minimum atomic E-state index is -0.860. The number of benzene rings is 3. The van der Waals surface area contributed by atoms with E-state index in [0.29, 0.717) is 5.02 Å². The van der Waals surface area contributed by atoms with Crippen LogP contribution in [0.3, 0.4) is 0 Å². The van der Waals surface area contributed by atoms with Crippen molar-refractivity contribution in [2.75, 3.05) is 48.3 Å². The molecule has 0 aromatic heterocycles. The molecule has 3 aromatic rings. The Bertz CT molecular complexity index is 1360. The van der Waals surface area contributed by atoms with Crippen LogP contribution in [-0.2, 0) is 4.79 Å². The fourth-order valence-corrected chi connectivity index (χ4v) is 5.66. The quantitative estimate of drug-likeness (QED) is 0.259. The third kappa shape index (κ3) is 6.23. The molecule has 0 bridgehead atoms. The number of hydrogen-bond acceptors (Lipinski definition) is 5. The number of carbonyl (C=O) groups is 1. The molecule has 0 unspecified atom stereocenters. The molecule has 202 valence electrons. The van der Waals surface area contributed by atoms with Crippen LogP contribution in [0.2, 0.25) is 5.02 Å². The molecule has 0 saturated carbocycles. The normalized spacial score (nSPS) is 16.7. The van der Waals surface area contributed by atoms with E-state index < -0.39 is 5.97 Å². The van der Waals surface area contributed by atoms with E-state index in [4.69, 9.17) is 17.3 Å². The summed E-state index contributed by atoms with van der Waals surface area (Å²) in [5, 5.41) is 10.7. The van der Waals surface area contributed by atoms with E-state index in [-0.39, 0.29) is 6.42 Å². The van der Waals surface area contributed by atoms with Gasteiger partial charge in [0.05, 0.1) is 12.1 Å². The first-order valence-electron chi connectivity index (χ1n) is 13.5. The van der Waals surface area contributed by atoms with Crippen molar-refractivity contribution in [3.63, 3.8) is 0 Å². The lowest BCUT2D eigenvalue weighted by Crippen LogP contribution is -2.46. The number of anilines is 3. The zero-order valence-electron chi connectivity index (χ0n) is 22.2. The van der Waals surface area contributed by atoms with E-state index in [9.17, 15) is 9.90 Å². The van der Waals surface area contributed by atoms with Gasteiger partial charge in [0.15, 0.2) is 0 Å². The van der Waals surface area contributed by atoms with Gasteiger partial charge >= 0.3 is 5.97 Å². The average molecular weight is 543 g/mol. The fraction of sp³-hybridized carbons (Fsp3) is 0.281. The third-order valence-electron chi connectivity index (χ3n) is 7.58. The van der Waals surface area contributed by atoms with E-state index in [2.05, 4.69) is 45.5 Å². The minimum absolute atomic E-state index is 0.0872. The van der Waals surface area contributed by atoms with Crippen molar-refractivity contribution in [2.45, 2.75) is 25.7 Å². The van der Waals surface area contributed by atoms with E-state index in [1.807, 2.05) is 48.5 Å². The smallest absolute Gasteiger partial charge is 0.307 e. The number of carboxylic acids is 1. The van der Waals surface area contributed by atoms with E-state index >= 15 is 0 Å². The zero-order chi connectivity index (χ0) is 27.4. The predicted octanol–water partition coefficient (Wildman–Crippen LogP) is 6.59. The highest BCUT2D eigenvalue weighted by Gasteiger charge is 2.25. The molecule has 2 saturated heterocycles. The summed E-state index contributed by atoms with van der Waals surface area (Å²) < 4.78 is 0. The van der Waals surface area contributed by atoms with Crippen LogP contribution < -0.4 is 15.5 Å². The maximum Gasteiger partial charge on any atom is 0.307 e. The highest BCUT2D eigenvalue weighted by atomic mass is 35.5. The molecule has 0 radical (unpaired) electrons. The first-order valence-corrected chi connectivity index (χ1v) is 13.9. The van der Waals surface area contributed by atoms with Gasteiger partial charge in [-0.3, -0.25) is 4.79 Å². The predicted molar refractivity (Wildman–Crippen MR) is 162 cm³/mol. The minimum Gasteiger partial charge on any atom is -0.481 e. The number of halogens is 1. The number of nitrogens with zero attached hydrogens (tertiary/aromatic N) is 3. The summed E-state index contributed by atoms with van der Waals surface area (Å²) in [4.78, 5) is 19.2. The standard InChI is InChI=1S/C32H35ClN4O2/c1-23-5-2-3-16-37(23)32(24-8-10-26(33)11-9-24)30(22-31(38)39)25-6-4-7-29(21-25)36-19-17-35(18-20-36)28-14-12-27(34)13-15-28/h4,6-15,21H,1-3,5,16-20,22,34H2,(H,38,39)/b32-30+. The van der Waals surface area contributed by atoms with Gasteiger partial charge < -0.3 is 25.5 Å². The van der Waals surface area contributed by atoms with Gasteiger partial charge in [-0.05, 0) is 84.5 Å². The molecular weight excluding hydrogens is 508 g/mol. The summed E-state index contributed by atoms with van der Waals surface area (Å²) in [5.41, 5.74) is 13.5. The van der Waals surface area contributed by atoms with Crippen LogP contribution in [0.15, 0.2) is 85.1 Å². The van der Waals surface area contributed by atoms with Crippen LogP contribution in [0, 0.1) is 0 Å². The Morgan fingerprint density at radius 1 is 0.846 bits per heavy atom. The van der Waals surface area contributed by atoms with Crippen molar-refractivity contribution in [1.82, 2.24) is 4.90 Å². The van der Waals surface area contributed by atoms with E-state index in [1.54, 1.807) is 0 Å². The highest BCUT2D eigenvalue weighted by Crippen LogP contribution is 2.38. The number of nitrogen functional groups attached to an aromatic ring is 1. The van der Waals surface area contributed by atoms with Crippen molar-refractivity contribution in [2.24, 2.45) is 0 Å². The lowest BCUT2D eigenvalue weighted by atomic mass is 9.93. The number of nitrogens with two attached hydrogens (primary N) is 1. The van der Waals surface area contributed by atoms with Crippen LogP contribution in [0.1, 0.15) is 36.8 Å². The molecule has 2 heterocycles. The summed E-state index contributed by atoms with van der Waals surface area (Å²) in [6.07, 6.45) is 2.94. The van der Waals surface area contributed by atoms with Gasteiger partial charge in [-0.1, -0.05) is 42.4 Å². The second kappa shape index (κ2) is 11.9. The van der Waals surface area contributed by atoms with E-state index in [1.165, 1.54) is 5.69 Å². The molecule has 7 heteroatoms. The Labute approximate surface area is 235 Å². The lowest BCUT2D eigenvalue weighted by Gasteiger charge is -2.38. The number of hydrogen-bond donors (Lipinski definition) is 2. The van der Waals surface area contributed by atoms with Crippen LogP contribution >= 0.6 is 11.6 Å². The molecule has 39 heavy (non-hydrogen) atoms. The second-order valence-electron chi connectivity index (χ2n) is 10.2. The number of aliphatic carboxylic acids is 1. The van der Waals surface area contributed by atoms with Crippen molar-refractivity contribution in [1.29, 1.82) is 0 Å². The molecule has 0 aliphatic carbocycles. The molecule has 2 fully saturated rings. The van der Waals surface area contributed by atoms with Crippen LogP contribution in [-0.4, -0.2) is 48.7 Å². The number of allylic oxidation sites excluding steroid dienone is 1. The zero-order valence-corrected chi connectivity index (χ0v) is 22.9. The molecule has 2 aliphatic rings. The second-order valence-corrected chi connectivity index (χ2v) is 10.6. The highest BCUT2D eigenvalue weighted by molar-refractivity contribution is 6.30. The average Bonchev–Trinajstić information content (AvgIpc) is 2.95. The Morgan fingerprint density at radius 2 is 1.51 bits per heavy atom. The van der Waals surface area contributed by atoms with Gasteiger partial charge in [0.2, 0.25) is 0 Å². The number of rotatable bonds is 7. The van der Waals surface area contributed by atoms with Gasteiger partial charge in [-0.15, -0.1) is 0 Å². The van der Waals surface area contributed by atoms with Crippen LogP contribution in [0.25, 0.3) is 11.3 Å². The first-order chi connectivity index (χ1) is 18.9. The summed E-state index contributed by atoms with van der Waals surface area (Å²) in [7, 11) is 0. The van der Waals surface area contributed by atoms with Gasteiger partial charge in [0.25, 0.3) is 0 Å². The molecular formula is C32H35ClN4O2. The summed E-state index contributed by atoms with van der Waals surface area (Å²) in [6, 6.07) is 24.0. The summed E-state index contributed by atoms with van der Waals surface area (Å²) in [6.45, 7) is 8.70. The molecule has 5 rings (SSSR count). The maximum absolute atomic E-state index is 12.2. The SMILES string of the molecule is C=C1CCCCN1/C(=C(\CC(=O)O)c1cccc(N2CCN(c3ccc(N)cc3)CC2)c1)c1ccc(Cl)cc1. The number of piperazine rings is 1. The van der Waals surface area contributed by atoms with E-state index in [0.717, 1.165) is 91.5 Å². The number of carboxylic acid groups (broad SMARTS) is 1. The molecule has 6 nitrogen and oxygen atoms in total. The number of likely N-dealkylation sites (tertiary alicyclic amines) is 1. The molecule has 0 spiro atoms. The molecule has 0 amide bonds. The molecule has 3 aromatic carbocycles. The number of piperidine rings is 1. The van der Waals surface area contributed by atoms with Crippen molar-refractivity contribution >= 4 is 45.9 Å². The largest absolute Gasteiger partial charge is 0.481 e. The Hall–Kier alpha value is -3.90. The van der Waals surface area contributed by atoms with Gasteiger partial charge in [-0.2, -0.15) is 0 Å². The van der Waals surface area contributed by atoms with Gasteiger partial charge in [0.1, 0.15) is 0 Å². The molecule has 3 N–H and O–H groups in total. The van der Waals surface area contributed by atoms with Crippen molar-refractivity contribution in [3.8, 4) is 0 Å². The van der Waals surface area contributed by atoms with Gasteiger partial charge in [0, 0.05) is 60.5 Å². The Morgan fingerprint density at radius 3 is 2.15 bits per heavy atom. The molecule has 0 atom stereocenters.